The fraction of sp³-hybridized carbons (Fsp3) is 0.174. The van der Waals surface area contributed by atoms with E-state index in [0.29, 0.717) is 39.3 Å². The van der Waals surface area contributed by atoms with Crippen molar-refractivity contribution >= 4 is 57.9 Å². The molecule has 0 aliphatic carbocycles. The molecule has 0 bridgehead atoms. The molecule has 2 aromatic carbocycles. The van der Waals surface area contributed by atoms with E-state index < -0.39 is 5.97 Å². The van der Waals surface area contributed by atoms with Crippen LogP contribution < -0.4 is 9.47 Å². The number of hydrogen-bond acceptors (Lipinski definition) is 6. The lowest BCUT2D eigenvalue weighted by Crippen LogP contribution is -2.27. The first-order chi connectivity index (χ1) is 14.8. The largest absolute Gasteiger partial charge is 0.490 e. The van der Waals surface area contributed by atoms with Crippen molar-refractivity contribution in [1.29, 1.82) is 0 Å². The normalized spacial score (nSPS) is 14.8. The van der Waals surface area contributed by atoms with Crippen molar-refractivity contribution < 1.29 is 19.1 Å². The van der Waals surface area contributed by atoms with E-state index in [1.54, 1.807) is 42.5 Å². The monoisotopic (exact) mass is 473 g/mol. The molecule has 3 rings (SSSR count). The van der Waals surface area contributed by atoms with Crippen molar-refractivity contribution in [3.63, 3.8) is 0 Å². The molecule has 0 atom stereocenters. The Bertz CT molecular complexity index is 1100. The number of thiocarbonyl (C=S) groups is 1. The summed E-state index contributed by atoms with van der Waals surface area (Å²) in [6, 6.07) is 10.4. The summed E-state index contributed by atoms with van der Waals surface area (Å²) in [6.45, 7) is 8.04. The summed E-state index contributed by atoms with van der Waals surface area (Å²) >= 11 is 12.9. The highest BCUT2D eigenvalue weighted by Crippen LogP contribution is 2.39. The van der Waals surface area contributed by atoms with Gasteiger partial charge in [-0.05, 0) is 49.8 Å². The maximum absolute atomic E-state index is 12.6. The number of amides is 1. The molecule has 0 radical (unpaired) electrons. The van der Waals surface area contributed by atoms with Crippen LogP contribution in [0.3, 0.4) is 0 Å². The number of ether oxygens (including phenoxy) is 2. The van der Waals surface area contributed by atoms with E-state index in [9.17, 15) is 9.59 Å². The number of thioether (sulfide) groups is 1. The quantitative estimate of drug-likeness (QED) is 0.170. The van der Waals surface area contributed by atoms with Crippen molar-refractivity contribution in [3.05, 3.63) is 75.7 Å². The molecule has 160 valence electrons. The van der Waals surface area contributed by atoms with Crippen LogP contribution in [0.15, 0.2) is 54.0 Å². The van der Waals surface area contributed by atoms with Crippen LogP contribution in [0.25, 0.3) is 6.08 Å². The number of esters is 1. The van der Waals surface area contributed by atoms with Crippen LogP contribution in [-0.2, 0) is 4.79 Å². The molecule has 1 amide bonds. The predicted molar refractivity (Wildman–Crippen MR) is 129 cm³/mol. The number of rotatable bonds is 7. The fourth-order valence-corrected chi connectivity index (χ4v) is 4.43. The second-order valence-corrected chi connectivity index (χ2v) is 8.69. The third kappa shape index (κ3) is 5.36. The average Bonchev–Trinajstić information content (AvgIpc) is 2.98. The number of carbonyl (C=O) groups excluding carboxylic acids is 2. The van der Waals surface area contributed by atoms with Gasteiger partial charge < -0.3 is 9.47 Å². The van der Waals surface area contributed by atoms with Crippen LogP contribution in [0.1, 0.15) is 28.4 Å². The van der Waals surface area contributed by atoms with Crippen molar-refractivity contribution in [2.45, 2.75) is 13.8 Å². The number of hydrogen-bond donors (Lipinski definition) is 0. The zero-order chi connectivity index (χ0) is 22.5. The maximum Gasteiger partial charge on any atom is 0.343 e. The van der Waals surface area contributed by atoms with E-state index in [4.69, 9.17) is 33.3 Å². The number of halogens is 1. The molecule has 1 aliphatic heterocycles. The maximum atomic E-state index is 12.6. The van der Waals surface area contributed by atoms with Crippen LogP contribution in [0.4, 0.5) is 0 Å². The Balaban J connectivity index is 1.92. The van der Waals surface area contributed by atoms with E-state index >= 15 is 0 Å². The minimum atomic E-state index is -0.537. The summed E-state index contributed by atoms with van der Waals surface area (Å²) in [4.78, 5) is 27.1. The Morgan fingerprint density at radius 3 is 2.77 bits per heavy atom. The second-order valence-electron chi connectivity index (χ2n) is 6.60. The third-order valence-corrected chi connectivity index (χ3v) is 5.92. The smallest absolute Gasteiger partial charge is 0.343 e. The first-order valence-corrected chi connectivity index (χ1v) is 11.1. The van der Waals surface area contributed by atoms with Crippen LogP contribution in [0.2, 0.25) is 5.02 Å². The van der Waals surface area contributed by atoms with Gasteiger partial charge in [-0.15, -0.1) is 6.58 Å². The van der Waals surface area contributed by atoms with Gasteiger partial charge in [0.1, 0.15) is 4.32 Å². The highest BCUT2D eigenvalue weighted by molar-refractivity contribution is 8.26. The van der Waals surface area contributed by atoms with Gasteiger partial charge in [0.25, 0.3) is 5.91 Å². The SMILES string of the molecule is C=CCN1C(=O)/C(=C/c2cc(Cl)c(OC(=O)c3cccc(C)c3)c(OCC)c2)SC1=S. The lowest BCUT2D eigenvalue weighted by atomic mass is 10.1. The molecule has 1 saturated heterocycles. The van der Waals surface area contributed by atoms with Crippen LogP contribution in [-0.4, -0.2) is 34.2 Å². The fourth-order valence-electron chi connectivity index (χ4n) is 2.89. The van der Waals surface area contributed by atoms with Crippen LogP contribution >= 0.6 is 35.6 Å². The first kappa shape index (κ1) is 23.1. The topological polar surface area (TPSA) is 55.8 Å². The predicted octanol–water partition coefficient (Wildman–Crippen LogP) is 5.65. The zero-order valence-corrected chi connectivity index (χ0v) is 19.4. The molecular weight excluding hydrogens is 454 g/mol. The summed E-state index contributed by atoms with van der Waals surface area (Å²) in [5.74, 6) is -0.293. The van der Waals surface area contributed by atoms with Gasteiger partial charge in [-0.2, -0.15) is 0 Å². The summed E-state index contributed by atoms with van der Waals surface area (Å²) in [5, 5.41) is 0.194. The highest BCUT2D eigenvalue weighted by atomic mass is 35.5. The standard InChI is InChI=1S/C23H20ClNO4S2/c1-4-9-25-21(26)19(31-23(25)30)13-15-11-17(24)20(18(12-15)28-5-2)29-22(27)16-8-6-7-14(3)10-16/h4,6-8,10-13H,1,5,9H2,2-3H3/b19-13-. The van der Waals surface area contributed by atoms with Crippen molar-refractivity contribution in [2.75, 3.05) is 13.2 Å². The average molecular weight is 474 g/mol. The molecule has 5 nitrogen and oxygen atoms in total. The Morgan fingerprint density at radius 2 is 2.10 bits per heavy atom. The van der Waals surface area contributed by atoms with E-state index in [0.717, 1.165) is 5.56 Å². The number of aryl methyl sites for hydroxylation is 1. The van der Waals surface area contributed by atoms with Gasteiger partial charge in [-0.1, -0.05) is 59.4 Å². The minimum absolute atomic E-state index is 0.131. The third-order valence-electron chi connectivity index (χ3n) is 4.26. The van der Waals surface area contributed by atoms with E-state index in [2.05, 4.69) is 6.58 Å². The van der Waals surface area contributed by atoms with Crippen molar-refractivity contribution in [2.24, 2.45) is 0 Å². The molecule has 1 heterocycles. The van der Waals surface area contributed by atoms with Crippen LogP contribution in [0, 0.1) is 6.92 Å². The molecule has 1 aliphatic rings. The Hall–Kier alpha value is -2.61. The molecule has 0 spiro atoms. The van der Waals surface area contributed by atoms with Gasteiger partial charge in [-0.25, -0.2) is 4.79 Å². The summed E-state index contributed by atoms with van der Waals surface area (Å²) < 4.78 is 11.7. The highest BCUT2D eigenvalue weighted by Gasteiger charge is 2.31. The Labute approximate surface area is 195 Å². The molecule has 31 heavy (non-hydrogen) atoms. The number of carbonyl (C=O) groups is 2. The summed E-state index contributed by atoms with van der Waals surface area (Å²) in [5.41, 5.74) is 1.98. The van der Waals surface area contributed by atoms with Gasteiger partial charge in [0, 0.05) is 6.54 Å². The van der Waals surface area contributed by atoms with Gasteiger partial charge in [0.2, 0.25) is 0 Å². The Morgan fingerprint density at radius 1 is 1.32 bits per heavy atom. The minimum Gasteiger partial charge on any atom is -0.490 e. The molecule has 0 saturated carbocycles. The first-order valence-electron chi connectivity index (χ1n) is 9.45. The Kier molecular flexibility index (Phi) is 7.54. The molecule has 1 fully saturated rings. The molecule has 8 heteroatoms. The zero-order valence-electron chi connectivity index (χ0n) is 17.0. The summed E-state index contributed by atoms with van der Waals surface area (Å²) in [7, 11) is 0. The van der Waals surface area contributed by atoms with Gasteiger partial charge >= 0.3 is 5.97 Å². The van der Waals surface area contributed by atoms with E-state index in [1.165, 1.54) is 16.7 Å². The molecule has 0 unspecified atom stereocenters. The van der Waals surface area contributed by atoms with Crippen LogP contribution in [0.5, 0.6) is 11.5 Å². The van der Waals surface area contributed by atoms with Crippen molar-refractivity contribution in [1.82, 2.24) is 4.90 Å². The molecular formula is C23H20ClNO4S2. The van der Waals surface area contributed by atoms with E-state index in [-0.39, 0.29) is 16.7 Å². The molecule has 0 N–H and O–H groups in total. The molecule has 0 aromatic heterocycles. The van der Waals surface area contributed by atoms with Gasteiger partial charge in [0.15, 0.2) is 11.5 Å². The lowest BCUT2D eigenvalue weighted by Gasteiger charge is -2.14. The number of benzene rings is 2. The van der Waals surface area contributed by atoms with Crippen molar-refractivity contribution in [3.8, 4) is 11.5 Å². The van der Waals surface area contributed by atoms with Gasteiger partial charge in [0.05, 0.1) is 22.1 Å². The second kappa shape index (κ2) is 10.1. The summed E-state index contributed by atoms with van der Waals surface area (Å²) in [6.07, 6.45) is 3.30. The van der Waals surface area contributed by atoms with E-state index in [1.807, 2.05) is 19.9 Å². The van der Waals surface area contributed by atoms with Gasteiger partial charge in [-0.3, -0.25) is 9.69 Å². The molecule has 2 aromatic rings. The number of nitrogens with zero attached hydrogens (tertiary/aromatic N) is 1. The lowest BCUT2D eigenvalue weighted by molar-refractivity contribution is -0.121.